The molecule has 0 saturated carbocycles. The largest absolute Gasteiger partial charge is 0.478 e. The van der Waals surface area contributed by atoms with Crippen molar-refractivity contribution < 1.29 is 23.1 Å². The van der Waals surface area contributed by atoms with E-state index < -0.39 is 34.4 Å². The van der Waals surface area contributed by atoms with Crippen LogP contribution in [0, 0.1) is 11.3 Å². The standard InChI is InChI=1S/C17H16N4O5S/c18-10-9-15(21-27(25,26)14-7-3-12(19)4-8-14)16(22)20-13-5-1-11(2-6-13)17(23)24/h1-8,15,21H,9,19H2,(H,20,22)(H,23,24). The fourth-order valence-electron chi connectivity index (χ4n) is 2.11. The number of nitrogens with zero attached hydrogens (tertiary/aromatic N) is 1. The van der Waals surface area contributed by atoms with E-state index in [1.165, 1.54) is 48.5 Å². The van der Waals surface area contributed by atoms with Crippen molar-refractivity contribution in [2.45, 2.75) is 17.4 Å². The molecular weight excluding hydrogens is 372 g/mol. The van der Waals surface area contributed by atoms with E-state index in [-0.39, 0.29) is 16.1 Å². The lowest BCUT2D eigenvalue weighted by atomic mass is 10.2. The third-order valence-corrected chi connectivity index (χ3v) is 4.99. The summed E-state index contributed by atoms with van der Waals surface area (Å²) in [5.41, 5.74) is 6.20. The summed E-state index contributed by atoms with van der Waals surface area (Å²) in [6.45, 7) is 0. The Morgan fingerprint density at radius 1 is 1.11 bits per heavy atom. The molecule has 0 spiro atoms. The topological polar surface area (TPSA) is 162 Å². The van der Waals surface area contributed by atoms with Crippen molar-refractivity contribution in [2.24, 2.45) is 0 Å². The molecule has 0 aliphatic rings. The van der Waals surface area contributed by atoms with Crippen LogP contribution in [0.25, 0.3) is 0 Å². The Balaban J connectivity index is 2.15. The summed E-state index contributed by atoms with van der Waals surface area (Å²) in [4.78, 5) is 23.1. The van der Waals surface area contributed by atoms with Gasteiger partial charge in [0.25, 0.3) is 0 Å². The van der Waals surface area contributed by atoms with Crippen molar-refractivity contribution in [3.05, 3.63) is 54.1 Å². The fraction of sp³-hybridized carbons (Fsp3) is 0.118. The third-order valence-electron chi connectivity index (χ3n) is 3.50. The number of amides is 1. The molecule has 2 aromatic carbocycles. The number of sulfonamides is 1. The maximum Gasteiger partial charge on any atom is 0.335 e. The maximum atomic E-state index is 12.4. The van der Waals surface area contributed by atoms with E-state index in [2.05, 4.69) is 10.0 Å². The molecule has 9 nitrogen and oxygen atoms in total. The number of nitrogens with two attached hydrogens (primary N) is 1. The highest BCUT2D eigenvalue weighted by atomic mass is 32.2. The van der Waals surface area contributed by atoms with Crippen LogP contribution in [-0.4, -0.2) is 31.4 Å². The van der Waals surface area contributed by atoms with Gasteiger partial charge in [0.2, 0.25) is 15.9 Å². The second-order valence-corrected chi connectivity index (χ2v) is 7.19. The Kier molecular flexibility index (Phi) is 6.12. The lowest BCUT2D eigenvalue weighted by Crippen LogP contribution is -2.43. The molecule has 27 heavy (non-hydrogen) atoms. The highest BCUT2D eigenvalue weighted by molar-refractivity contribution is 7.89. The van der Waals surface area contributed by atoms with Gasteiger partial charge in [-0.15, -0.1) is 0 Å². The van der Waals surface area contributed by atoms with Gasteiger partial charge in [-0.05, 0) is 48.5 Å². The number of carboxylic acid groups (broad SMARTS) is 1. The number of rotatable bonds is 7. The van der Waals surface area contributed by atoms with Gasteiger partial charge in [0.05, 0.1) is 22.9 Å². The van der Waals surface area contributed by atoms with Crippen molar-refractivity contribution in [1.82, 2.24) is 4.72 Å². The predicted octanol–water partition coefficient (Wildman–Crippen LogP) is 1.17. The summed E-state index contributed by atoms with van der Waals surface area (Å²) >= 11 is 0. The summed E-state index contributed by atoms with van der Waals surface area (Å²) in [6, 6.07) is 11.1. The van der Waals surface area contributed by atoms with E-state index in [1.54, 1.807) is 6.07 Å². The average molecular weight is 388 g/mol. The summed E-state index contributed by atoms with van der Waals surface area (Å²) in [5.74, 6) is -1.87. The average Bonchev–Trinajstić information content (AvgIpc) is 2.62. The first-order valence-electron chi connectivity index (χ1n) is 7.62. The van der Waals surface area contributed by atoms with Gasteiger partial charge < -0.3 is 16.2 Å². The first-order chi connectivity index (χ1) is 12.7. The second kappa shape index (κ2) is 8.31. The fourth-order valence-corrected chi connectivity index (χ4v) is 3.30. The van der Waals surface area contributed by atoms with Gasteiger partial charge in [-0.2, -0.15) is 9.98 Å². The van der Waals surface area contributed by atoms with Gasteiger partial charge in [0.15, 0.2) is 0 Å². The molecule has 0 aliphatic carbocycles. The minimum atomic E-state index is -4.05. The first-order valence-corrected chi connectivity index (χ1v) is 9.10. The van der Waals surface area contributed by atoms with Crippen LogP contribution in [0.5, 0.6) is 0 Å². The van der Waals surface area contributed by atoms with Crippen LogP contribution in [-0.2, 0) is 14.8 Å². The van der Waals surface area contributed by atoms with Gasteiger partial charge in [-0.1, -0.05) is 0 Å². The van der Waals surface area contributed by atoms with E-state index in [1.807, 2.05) is 0 Å². The van der Waals surface area contributed by atoms with E-state index in [0.29, 0.717) is 5.69 Å². The number of aromatic carboxylic acids is 1. The third kappa shape index (κ3) is 5.27. The predicted molar refractivity (Wildman–Crippen MR) is 97.2 cm³/mol. The molecule has 0 heterocycles. The molecule has 5 N–H and O–H groups in total. The van der Waals surface area contributed by atoms with Crippen molar-refractivity contribution in [3.63, 3.8) is 0 Å². The molecule has 1 unspecified atom stereocenters. The number of nitriles is 1. The SMILES string of the molecule is N#CCC(NS(=O)(=O)c1ccc(N)cc1)C(=O)Nc1ccc(C(=O)O)cc1. The lowest BCUT2D eigenvalue weighted by Gasteiger charge is -2.16. The molecule has 0 saturated heterocycles. The van der Waals surface area contributed by atoms with Crippen LogP contribution in [0.2, 0.25) is 0 Å². The van der Waals surface area contributed by atoms with Crippen molar-refractivity contribution in [2.75, 3.05) is 11.1 Å². The summed E-state index contributed by atoms with van der Waals surface area (Å²) in [7, 11) is -4.05. The molecule has 2 aromatic rings. The second-order valence-electron chi connectivity index (χ2n) is 5.48. The van der Waals surface area contributed by atoms with Crippen LogP contribution in [0.4, 0.5) is 11.4 Å². The van der Waals surface area contributed by atoms with Gasteiger partial charge in [-0.25, -0.2) is 13.2 Å². The molecule has 1 atom stereocenters. The lowest BCUT2D eigenvalue weighted by molar-refractivity contribution is -0.117. The number of hydrogen-bond donors (Lipinski definition) is 4. The monoisotopic (exact) mass is 388 g/mol. The Morgan fingerprint density at radius 2 is 1.70 bits per heavy atom. The number of nitrogen functional groups attached to an aromatic ring is 1. The molecular formula is C17H16N4O5S. The number of anilines is 2. The van der Waals surface area contributed by atoms with Gasteiger partial charge in [0.1, 0.15) is 6.04 Å². The maximum absolute atomic E-state index is 12.4. The van der Waals surface area contributed by atoms with Gasteiger partial charge >= 0.3 is 5.97 Å². The molecule has 2 rings (SSSR count). The normalized spacial score (nSPS) is 12.0. The molecule has 0 bridgehead atoms. The molecule has 0 radical (unpaired) electrons. The van der Waals surface area contributed by atoms with Gasteiger partial charge in [0, 0.05) is 11.4 Å². The summed E-state index contributed by atoms with van der Waals surface area (Å²) in [5, 5.41) is 20.2. The van der Waals surface area contributed by atoms with E-state index >= 15 is 0 Å². The first kappa shape index (κ1) is 19.9. The van der Waals surface area contributed by atoms with E-state index in [0.717, 1.165) is 0 Å². The zero-order valence-electron chi connectivity index (χ0n) is 13.9. The number of hydrogen-bond acceptors (Lipinski definition) is 6. The Morgan fingerprint density at radius 3 is 2.22 bits per heavy atom. The van der Waals surface area contributed by atoms with Crippen LogP contribution in [0.1, 0.15) is 16.8 Å². The number of nitrogens with one attached hydrogen (secondary N) is 2. The van der Waals surface area contributed by atoms with E-state index in [4.69, 9.17) is 16.1 Å². The number of carbonyl (C=O) groups excluding carboxylic acids is 1. The summed E-state index contributed by atoms with van der Waals surface area (Å²) < 4.78 is 27.0. The molecule has 0 aliphatic heterocycles. The minimum absolute atomic E-state index is 0.0330. The molecule has 0 fully saturated rings. The Bertz CT molecular complexity index is 979. The highest BCUT2D eigenvalue weighted by Gasteiger charge is 2.25. The zero-order valence-corrected chi connectivity index (χ0v) is 14.7. The zero-order chi connectivity index (χ0) is 20.0. The van der Waals surface area contributed by atoms with Crippen molar-refractivity contribution in [3.8, 4) is 6.07 Å². The minimum Gasteiger partial charge on any atom is -0.478 e. The quantitative estimate of drug-likeness (QED) is 0.517. The Hall–Kier alpha value is -3.42. The van der Waals surface area contributed by atoms with Crippen molar-refractivity contribution >= 4 is 33.3 Å². The van der Waals surface area contributed by atoms with Gasteiger partial charge in [-0.3, -0.25) is 4.79 Å². The molecule has 1 amide bonds. The Labute approximate surface area is 155 Å². The van der Waals surface area contributed by atoms with Crippen LogP contribution in [0.3, 0.4) is 0 Å². The van der Waals surface area contributed by atoms with Crippen LogP contribution >= 0.6 is 0 Å². The molecule has 0 aromatic heterocycles. The molecule has 140 valence electrons. The van der Waals surface area contributed by atoms with Crippen LogP contribution < -0.4 is 15.8 Å². The smallest absolute Gasteiger partial charge is 0.335 e. The number of carbonyl (C=O) groups is 2. The van der Waals surface area contributed by atoms with E-state index in [9.17, 15) is 18.0 Å². The van der Waals surface area contributed by atoms with Crippen molar-refractivity contribution in [1.29, 1.82) is 5.26 Å². The molecule has 10 heteroatoms. The highest BCUT2D eigenvalue weighted by Crippen LogP contribution is 2.14. The van der Waals surface area contributed by atoms with Crippen LogP contribution in [0.15, 0.2) is 53.4 Å². The summed E-state index contributed by atoms with van der Waals surface area (Å²) in [6.07, 6.45) is -0.396. The number of benzene rings is 2. The number of carboxylic acids is 1.